The molecule has 3 heteroatoms. The fourth-order valence-electron chi connectivity index (χ4n) is 1.05. The average Bonchev–Trinajstić information content (AvgIpc) is 2.47. The van der Waals surface area contributed by atoms with Crippen molar-refractivity contribution in [3.63, 3.8) is 0 Å². The normalized spacial score (nSPS) is 9.54. The van der Waals surface area contributed by atoms with E-state index in [1.807, 2.05) is 27.7 Å². The van der Waals surface area contributed by atoms with Crippen molar-refractivity contribution in [1.82, 2.24) is 9.97 Å². The predicted octanol–water partition coefficient (Wildman–Crippen LogP) is 2.87. The minimum atomic E-state index is 0.627. The van der Waals surface area contributed by atoms with Gasteiger partial charge in [-0.2, -0.15) is 0 Å². The fourth-order valence-corrected chi connectivity index (χ4v) is 1.05. The Morgan fingerprint density at radius 2 is 1.69 bits per heavy atom. The summed E-state index contributed by atoms with van der Waals surface area (Å²) >= 11 is 0. The third-order valence-electron chi connectivity index (χ3n) is 1.80. The van der Waals surface area contributed by atoms with Crippen LogP contribution in [0.25, 0.3) is 11.2 Å². The zero-order chi connectivity index (χ0) is 9.84. The van der Waals surface area contributed by atoms with Gasteiger partial charge in [-0.05, 0) is 13.8 Å². The molecule has 0 radical (unpaired) electrons. The fraction of sp³-hybridized carbons (Fsp3) is 0.400. The van der Waals surface area contributed by atoms with Gasteiger partial charge in [0.05, 0.1) is 0 Å². The minimum Gasteiger partial charge on any atom is -0.441 e. The molecule has 2 aromatic rings. The van der Waals surface area contributed by atoms with Gasteiger partial charge in [0.2, 0.25) is 5.71 Å². The largest absolute Gasteiger partial charge is 0.441 e. The Balaban J connectivity index is 0.000000396. The first-order valence-electron chi connectivity index (χ1n) is 4.46. The Morgan fingerprint density at radius 1 is 1.08 bits per heavy atom. The number of hydrogen-bond acceptors (Lipinski definition) is 3. The van der Waals surface area contributed by atoms with Crippen molar-refractivity contribution in [3.05, 3.63) is 23.7 Å². The summed E-state index contributed by atoms with van der Waals surface area (Å²) in [6, 6.07) is 0. The highest BCUT2D eigenvalue weighted by Crippen LogP contribution is 2.19. The van der Waals surface area contributed by atoms with Crippen LogP contribution in [0.15, 0.2) is 16.8 Å². The molecule has 0 aliphatic carbocycles. The van der Waals surface area contributed by atoms with Crippen molar-refractivity contribution in [2.75, 3.05) is 0 Å². The summed E-state index contributed by atoms with van der Waals surface area (Å²) in [6.45, 7) is 7.90. The van der Waals surface area contributed by atoms with Gasteiger partial charge < -0.3 is 4.42 Å². The van der Waals surface area contributed by atoms with Crippen LogP contribution in [0.1, 0.15) is 25.2 Å². The maximum Gasteiger partial charge on any atom is 0.245 e. The van der Waals surface area contributed by atoms with Crippen LogP contribution in [0.5, 0.6) is 0 Å². The number of rotatable bonds is 0. The van der Waals surface area contributed by atoms with E-state index in [1.165, 1.54) is 0 Å². The van der Waals surface area contributed by atoms with Gasteiger partial charge in [0, 0.05) is 18.0 Å². The van der Waals surface area contributed by atoms with E-state index in [9.17, 15) is 0 Å². The zero-order valence-electron chi connectivity index (χ0n) is 8.46. The first kappa shape index (κ1) is 9.71. The molecule has 0 N–H and O–H groups in total. The van der Waals surface area contributed by atoms with Crippen molar-refractivity contribution in [2.24, 2.45) is 0 Å². The SMILES string of the molecule is CC.Cc1oc2nccnc2c1C. The van der Waals surface area contributed by atoms with Gasteiger partial charge in [-0.3, -0.25) is 0 Å². The van der Waals surface area contributed by atoms with Gasteiger partial charge in [-0.15, -0.1) is 0 Å². The van der Waals surface area contributed by atoms with Gasteiger partial charge in [-0.25, -0.2) is 9.97 Å². The van der Waals surface area contributed by atoms with Crippen LogP contribution in [0, 0.1) is 13.8 Å². The second-order valence-corrected chi connectivity index (χ2v) is 2.49. The Bertz CT molecular complexity index is 393. The molecule has 0 aliphatic rings. The topological polar surface area (TPSA) is 38.9 Å². The molecule has 0 spiro atoms. The van der Waals surface area contributed by atoms with Gasteiger partial charge in [0.15, 0.2) is 0 Å². The van der Waals surface area contributed by atoms with Crippen molar-refractivity contribution in [2.45, 2.75) is 27.7 Å². The third-order valence-corrected chi connectivity index (χ3v) is 1.80. The second kappa shape index (κ2) is 4.03. The number of aryl methyl sites for hydroxylation is 2. The van der Waals surface area contributed by atoms with Crippen LogP contribution in [0.4, 0.5) is 0 Å². The number of hydrogen-bond donors (Lipinski definition) is 0. The van der Waals surface area contributed by atoms with Crippen LogP contribution in [0.3, 0.4) is 0 Å². The van der Waals surface area contributed by atoms with E-state index < -0.39 is 0 Å². The van der Waals surface area contributed by atoms with E-state index in [0.29, 0.717) is 5.71 Å². The Morgan fingerprint density at radius 3 is 2.31 bits per heavy atom. The molecule has 0 unspecified atom stereocenters. The molecule has 0 saturated carbocycles. The first-order chi connectivity index (χ1) is 6.29. The van der Waals surface area contributed by atoms with Gasteiger partial charge in [-0.1, -0.05) is 13.8 Å². The van der Waals surface area contributed by atoms with Gasteiger partial charge >= 0.3 is 0 Å². The molecule has 2 rings (SSSR count). The highest BCUT2D eigenvalue weighted by Gasteiger charge is 2.06. The standard InChI is InChI=1S/C8H8N2O.C2H6/c1-5-6(2)11-8-7(5)9-3-4-10-8;1-2/h3-4H,1-2H3;1-2H3. The lowest BCUT2D eigenvalue weighted by Gasteiger charge is -1.83. The summed E-state index contributed by atoms with van der Waals surface area (Å²) in [4.78, 5) is 8.18. The van der Waals surface area contributed by atoms with Crippen LogP contribution < -0.4 is 0 Å². The molecule has 0 amide bonds. The highest BCUT2D eigenvalue weighted by atomic mass is 16.3. The lowest BCUT2D eigenvalue weighted by Crippen LogP contribution is -1.77. The molecular weight excluding hydrogens is 164 g/mol. The minimum absolute atomic E-state index is 0.627. The summed E-state index contributed by atoms with van der Waals surface area (Å²) in [6.07, 6.45) is 3.30. The average molecular weight is 178 g/mol. The zero-order valence-corrected chi connectivity index (χ0v) is 8.46. The monoisotopic (exact) mass is 178 g/mol. The molecule has 0 bridgehead atoms. The first-order valence-corrected chi connectivity index (χ1v) is 4.46. The molecule has 2 aromatic heterocycles. The van der Waals surface area contributed by atoms with Crippen molar-refractivity contribution < 1.29 is 4.42 Å². The lowest BCUT2D eigenvalue weighted by atomic mass is 10.3. The molecule has 0 aromatic carbocycles. The van der Waals surface area contributed by atoms with Crippen molar-refractivity contribution in [3.8, 4) is 0 Å². The molecule has 0 fully saturated rings. The van der Waals surface area contributed by atoms with Crippen LogP contribution >= 0.6 is 0 Å². The van der Waals surface area contributed by atoms with E-state index in [1.54, 1.807) is 12.4 Å². The van der Waals surface area contributed by atoms with Crippen LogP contribution in [0.2, 0.25) is 0 Å². The molecule has 13 heavy (non-hydrogen) atoms. The third kappa shape index (κ3) is 1.69. The van der Waals surface area contributed by atoms with Gasteiger partial charge in [0.25, 0.3) is 0 Å². The summed E-state index contributed by atoms with van der Waals surface area (Å²) in [5.41, 5.74) is 2.57. The lowest BCUT2D eigenvalue weighted by molar-refractivity contribution is 0.564. The molecule has 70 valence electrons. The molecule has 3 nitrogen and oxygen atoms in total. The van der Waals surface area contributed by atoms with Gasteiger partial charge in [0.1, 0.15) is 11.3 Å². The Kier molecular flexibility index (Phi) is 3.01. The highest BCUT2D eigenvalue weighted by molar-refractivity contribution is 5.73. The molecule has 0 aliphatic heterocycles. The van der Waals surface area contributed by atoms with E-state index in [0.717, 1.165) is 16.8 Å². The summed E-state index contributed by atoms with van der Waals surface area (Å²) in [7, 11) is 0. The van der Waals surface area contributed by atoms with Crippen molar-refractivity contribution in [1.29, 1.82) is 0 Å². The van der Waals surface area contributed by atoms with E-state index in [-0.39, 0.29) is 0 Å². The number of furan rings is 1. The van der Waals surface area contributed by atoms with Crippen LogP contribution in [-0.2, 0) is 0 Å². The summed E-state index contributed by atoms with van der Waals surface area (Å²) in [5.74, 6) is 0.895. The number of fused-ring (bicyclic) bond motifs is 1. The summed E-state index contributed by atoms with van der Waals surface area (Å²) in [5, 5.41) is 0. The second-order valence-electron chi connectivity index (χ2n) is 2.49. The van der Waals surface area contributed by atoms with Crippen LogP contribution in [-0.4, -0.2) is 9.97 Å². The Hall–Kier alpha value is -1.38. The quantitative estimate of drug-likeness (QED) is 0.622. The smallest absolute Gasteiger partial charge is 0.245 e. The van der Waals surface area contributed by atoms with E-state index in [2.05, 4.69) is 9.97 Å². The van der Waals surface area contributed by atoms with E-state index in [4.69, 9.17) is 4.42 Å². The number of nitrogens with zero attached hydrogens (tertiary/aromatic N) is 2. The van der Waals surface area contributed by atoms with E-state index >= 15 is 0 Å². The molecule has 2 heterocycles. The molecule has 0 atom stereocenters. The molecule has 0 saturated heterocycles. The predicted molar refractivity (Wildman–Crippen MR) is 52.6 cm³/mol. The maximum absolute atomic E-state index is 5.33. The molecular formula is C10H14N2O. The summed E-state index contributed by atoms with van der Waals surface area (Å²) < 4.78 is 5.33. The number of aromatic nitrogens is 2. The Labute approximate surface area is 77.8 Å². The van der Waals surface area contributed by atoms with Crippen molar-refractivity contribution >= 4 is 11.2 Å². The maximum atomic E-state index is 5.33.